The Morgan fingerprint density at radius 1 is 1.07 bits per heavy atom. The molecule has 4 atom stereocenters. The standard InChI is InChI=1S/C31H46N4O5/c1-3-8-22-10-7-11-24(20-22)34-17-16-25(21-23(34)9-4-2)35-28-13-6-5-12-26(28)32-30(31(35)39)27(14-15-29(37)38)33-40-19-18-36/h5-6,12-13,22-25,36H,3-4,7-11,14-21H2,1-2H3,(H,37,38)/b33-27+/t22-,23-,24-,25-/m0/s1. The van der Waals surface area contributed by atoms with Gasteiger partial charge in [-0.15, -0.1) is 0 Å². The Balaban J connectivity index is 1.68. The first kappa shape index (κ1) is 30.2. The molecular weight excluding hydrogens is 508 g/mol. The van der Waals surface area contributed by atoms with Crippen LogP contribution in [0.2, 0.25) is 0 Å². The Morgan fingerprint density at radius 3 is 2.62 bits per heavy atom. The highest BCUT2D eigenvalue weighted by molar-refractivity contribution is 6.00. The van der Waals surface area contributed by atoms with Gasteiger partial charge in [0.1, 0.15) is 12.3 Å². The van der Waals surface area contributed by atoms with Crippen LogP contribution in [0.25, 0.3) is 11.0 Å². The first-order valence-corrected chi connectivity index (χ1v) is 15.3. The van der Waals surface area contributed by atoms with Crippen molar-refractivity contribution < 1.29 is 19.8 Å². The number of carbonyl (C=O) groups is 1. The molecule has 2 fully saturated rings. The Kier molecular flexibility index (Phi) is 11.1. The fraction of sp³-hybridized carbons (Fsp3) is 0.677. The normalized spacial score (nSPS) is 24.3. The average Bonchev–Trinajstić information content (AvgIpc) is 2.95. The van der Waals surface area contributed by atoms with E-state index in [9.17, 15) is 14.7 Å². The number of aliphatic carboxylic acids is 1. The van der Waals surface area contributed by atoms with Gasteiger partial charge in [0.25, 0.3) is 5.56 Å². The molecule has 0 radical (unpaired) electrons. The summed E-state index contributed by atoms with van der Waals surface area (Å²) in [5, 5.41) is 22.5. The van der Waals surface area contributed by atoms with Crippen molar-refractivity contribution >= 4 is 22.7 Å². The van der Waals surface area contributed by atoms with Crippen molar-refractivity contribution in [2.24, 2.45) is 11.1 Å². The van der Waals surface area contributed by atoms with Crippen LogP contribution in [-0.4, -0.2) is 68.2 Å². The van der Waals surface area contributed by atoms with Crippen LogP contribution < -0.4 is 5.56 Å². The minimum absolute atomic E-state index is 0.0128. The topological polar surface area (TPSA) is 117 Å². The van der Waals surface area contributed by atoms with Gasteiger partial charge in [-0.3, -0.25) is 14.5 Å². The predicted molar refractivity (Wildman–Crippen MR) is 157 cm³/mol. The average molecular weight is 555 g/mol. The van der Waals surface area contributed by atoms with Gasteiger partial charge in [0, 0.05) is 31.1 Å². The van der Waals surface area contributed by atoms with Gasteiger partial charge >= 0.3 is 5.97 Å². The number of fused-ring (bicyclic) bond motifs is 1. The Labute approximate surface area is 237 Å². The predicted octanol–water partition coefficient (Wildman–Crippen LogP) is 5.14. The number of piperidine rings is 1. The van der Waals surface area contributed by atoms with E-state index in [0.717, 1.165) is 43.7 Å². The lowest BCUT2D eigenvalue weighted by Gasteiger charge is -2.47. The molecule has 4 rings (SSSR count). The van der Waals surface area contributed by atoms with Crippen molar-refractivity contribution in [1.82, 2.24) is 14.5 Å². The zero-order valence-corrected chi connectivity index (χ0v) is 24.1. The number of carboxylic acids is 1. The van der Waals surface area contributed by atoms with Crippen LogP contribution in [0, 0.1) is 5.92 Å². The molecule has 40 heavy (non-hydrogen) atoms. The van der Waals surface area contributed by atoms with Crippen molar-refractivity contribution in [2.75, 3.05) is 19.8 Å². The number of likely N-dealkylation sites (tertiary alicyclic amines) is 1. The molecule has 9 heteroatoms. The molecule has 1 aromatic heterocycles. The maximum absolute atomic E-state index is 14.1. The quantitative estimate of drug-likeness (QED) is 0.200. The van der Waals surface area contributed by atoms with Crippen LogP contribution in [0.3, 0.4) is 0 Å². The molecule has 1 saturated carbocycles. The third kappa shape index (κ3) is 7.29. The number of aromatic nitrogens is 2. The number of oxime groups is 1. The summed E-state index contributed by atoms with van der Waals surface area (Å²) < 4.78 is 1.89. The molecule has 0 amide bonds. The van der Waals surface area contributed by atoms with Crippen molar-refractivity contribution in [3.63, 3.8) is 0 Å². The maximum atomic E-state index is 14.1. The van der Waals surface area contributed by atoms with Gasteiger partial charge in [0.05, 0.1) is 24.1 Å². The monoisotopic (exact) mass is 554 g/mol. The van der Waals surface area contributed by atoms with Gasteiger partial charge in [-0.05, 0) is 50.2 Å². The first-order chi connectivity index (χ1) is 19.5. The van der Waals surface area contributed by atoms with Crippen LogP contribution >= 0.6 is 0 Å². The molecule has 9 nitrogen and oxygen atoms in total. The van der Waals surface area contributed by atoms with Crippen LogP contribution in [-0.2, 0) is 9.63 Å². The number of para-hydroxylation sites is 2. The number of hydrogen-bond acceptors (Lipinski definition) is 7. The second kappa shape index (κ2) is 14.7. The van der Waals surface area contributed by atoms with E-state index in [1.807, 2.05) is 28.8 Å². The van der Waals surface area contributed by atoms with E-state index in [1.54, 1.807) is 0 Å². The zero-order chi connectivity index (χ0) is 28.5. The number of benzene rings is 1. The second-order valence-electron chi connectivity index (χ2n) is 11.4. The number of nitrogens with zero attached hydrogens (tertiary/aromatic N) is 4. The summed E-state index contributed by atoms with van der Waals surface area (Å²) in [5.41, 5.74) is 1.53. The van der Waals surface area contributed by atoms with E-state index >= 15 is 0 Å². The van der Waals surface area contributed by atoms with Crippen molar-refractivity contribution in [3.8, 4) is 0 Å². The maximum Gasteiger partial charge on any atom is 0.303 e. The fourth-order valence-corrected chi connectivity index (χ4v) is 6.92. The van der Waals surface area contributed by atoms with Gasteiger partial charge in [-0.2, -0.15) is 0 Å². The van der Waals surface area contributed by atoms with E-state index < -0.39 is 5.97 Å². The molecule has 220 valence electrons. The molecule has 2 aromatic rings. The van der Waals surface area contributed by atoms with Crippen LogP contribution in [0.1, 0.15) is 103 Å². The molecule has 2 aliphatic rings. The largest absolute Gasteiger partial charge is 0.481 e. The zero-order valence-electron chi connectivity index (χ0n) is 24.1. The molecule has 0 bridgehead atoms. The van der Waals surface area contributed by atoms with Crippen LogP contribution in [0.5, 0.6) is 0 Å². The van der Waals surface area contributed by atoms with E-state index in [4.69, 9.17) is 9.94 Å². The summed E-state index contributed by atoms with van der Waals surface area (Å²) in [6.45, 7) is 5.22. The molecule has 1 aliphatic carbocycles. The molecule has 0 unspecified atom stereocenters. The number of aliphatic hydroxyl groups excluding tert-OH is 1. The summed E-state index contributed by atoms with van der Waals surface area (Å²) in [7, 11) is 0. The molecule has 1 aromatic carbocycles. The van der Waals surface area contributed by atoms with E-state index in [2.05, 4.69) is 28.9 Å². The SMILES string of the molecule is CCC[C@H]1CCC[C@H](N2CC[C@H](n3c(=O)c(/C(CCC(=O)O)=N/OCCO)nc4ccccc43)C[C@@H]2CCC)C1. The first-order valence-electron chi connectivity index (χ1n) is 15.3. The number of carboxylic acid groups (broad SMARTS) is 1. The van der Waals surface area contributed by atoms with Gasteiger partial charge < -0.3 is 19.6 Å². The Morgan fingerprint density at radius 2 is 1.88 bits per heavy atom. The lowest BCUT2D eigenvalue weighted by molar-refractivity contribution is -0.136. The highest BCUT2D eigenvalue weighted by Gasteiger charge is 2.36. The minimum Gasteiger partial charge on any atom is -0.481 e. The molecule has 2 heterocycles. The van der Waals surface area contributed by atoms with Crippen LogP contribution in [0.15, 0.2) is 34.2 Å². The number of aliphatic hydroxyl groups is 1. The molecule has 1 saturated heterocycles. The number of hydrogen-bond donors (Lipinski definition) is 2. The summed E-state index contributed by atoms with van der Waals surface area (Å²) in [4.78, 5) is 38.1. The second-order valence-corrected chi connectivity index (χ2v) is 11.4. The third-order valence-electron chi connectivity index (χ3n) is 8.64. The van der Waals surface area contributed by atoms with Crippen molar-refractivity contribution in [2.45, 2.75) is 109 Å². The van der Waals surface area contributed by atoms with Gasteiger partial charge in [-0.25, -0.2) is 4.98 Å². The molecule has 2 N–H and O–H groups in total. The minimum atomic E-state index is -0.991. The summed E-state index contributed by atoms with van der Waals surface area (Å²) in [6, 6.07) is 8.71. The lowest BCUT2D eigenvalue weighted by atomic mass is 9.80. The smallest absolute Gasteiger partial charge is 0.303 e. The molecular formula is C31H46N4O5. The lowest BCUT2D eigenvalue weighted by Crippen LogP contribution is -2.51. The highest BCUT2D eigenvalue weighted by atomic mass is 16.6. The molecule has 0 spiro atoms. The molecule has 1 aliphatic heterocycles. The van der Waals surface area contributed by atoms with E-state index in [-0.39, 0.29) is 49.1 Å². The van der Waals surface area contributed by atoms with Crippen molar-refractivity contribution in [1.29, 1.82) is 0 Å². The Hall–Kier alpha value is -2.78. The third-order valence-corrected chi connectivity index (χ3v) is 8.64. The summed E-state index contributed by atoms with van der Waals surface area (Å²) in [6.07, 6.45) is 11.6. The summed E-state index contributed by atoms with van der Waals surface area (Å²) >= 11 is 0. The summed E-state index contributed by atoms with van der Waals surface area (Å²) in [5.74, 6) is -0.163. The van der Waals surface area contributed by atoms with Gasteiger partial charge in [0.15, 0.2) is 5.69 Å². The van der Waals surface area contributed by atoms with E-state index in [1.165, 1.54) is 38.5 Å². The van der Waals surface area contributed by atoms with Gasteiger partial charge in [-0.1, -0.05) is 63.2 Å². The van der Waals surface area contributed by atoms with Gasteiger partial charge in [0.2, 0.25) is 0 Å². The highest BCUT2D eigenvalue weighted by Crippen LogP contribution is 2.37. The Bertz CT molecular complexity index is 1210. The van der Waals surface area contributed by atoms with E-state index in [0.29, 0.717) is 17.6 Å². The van der Waals surface area contributed by atoms with Crippen LogP contribution in [0.4, 0.5) is 0 Å². The number of rotatable bonds is 13. The van der Waals surface area contributed by atoms with Crippen molar-refractivity contribution in [3.05, 3.63) is 40.3 Å². The fourth-order valence-electron chi connectivity index (χ4n) is 6.92.